The summed E-state index contributed by atoms with van der Waals surface area (Å²) in [6.07, 6.45) is 5.67. The Kier molecular flexibility index (Phi) is 5.40. The summed E-state index contributed by atoms with van der Waals surface area (Å²) >= 11 is 0. The Bertz CT molecular complexity index is 1090. The van der Waals surface area contributed by atoms with E-state index in [-0.39, 0.29) is 6.04 Å². The van der Waals surface area contributed by atoms with E-state index in [1.54, 1.807) is 12.1 Å². The minimum atomic E-state index is -3.47. The highest BCUT2D eigenvalue weighted by atomic mass is 32.2. The van der Waals surface area contributed by atoms with E-state index < -0.39 is 10.0 Å². The predicted molar refractivity (Wildman–Crippen MR) is 123 cm³/mol. The number of rotatable bonds is 4. The zero-order chi connectivity index (χ0) is 21.6. The molecule has 31 heavy (non-hydrogen) atoms. The molecule has 0 amide bonds. The van der Waals surface area contributed by atoms with Gasteiger partial charge in [-0.2, -0.15) is 4.31 Å². The topological polar surface area (TPSA) is 58.6 Å². The Morgan fingerprint density at radius 2 is 1.81 bits per heavy atom. The van der Waals surface area contributed by atoms with E-state index in [4.69, 9.17) is 4.74 Å². The zero-order valence-corrected chi connectivity index (χ0v) is 18.9. The van der Waals surface area contributed by atoms with Crippen LogP contribution in [-0.2, 0) is 14.8 Å². The summed E-state index contributed by atoms with van der Waals surface area (Å²) in [5.74, 6) is 1.35. The maximum atomic E-state index is 13.0. The second kappa shape index (κ2) is 8.08. The SMILES string of the molecule is CC(C)c1ccc2c(c1)[C@@H]1C=CC[C@H]1[C@H](c1ccc(S(=O)(=O)N3CCOCC3)cc1)N2. The summed E-state index contributed by atoms with van der Waals surface area (Å²) in [6, 6.07) is 14.4. The van der Waals surface area contributed by atoms with Crippen molar-refractivity contribution in [3.8, 4) is 0 Å². The number of nitrogens with one attached hydrogen (secondary N) is 1. The summed E-state index contributed by atoms with van der Waals surface area (Å²) in [7, 11) is -3.47. The molecule has 0 bridgehead atoms. The molecule has 1 saturated heterocycles. The molecule has 2 aromatic carbocycles. The quantitative estimate of drug-likeness (QED) is 0.706. The lowest BCUT2D eigenvalue weighted by molar-refractivity contribution is 0.0730. The number of fused-ring (bicyclic) bond motifs is 3. The Morgan fingerprint density at radius 1 is 1.06 bits per heavy atom. The first kappa shape index (κ1) is 20.7. The summed E-state index contributed by atoms with van der Waals surface area (Å²) in [6.45, 7) is 6.21. The number of ether oxygens (including phenoxy) is 1. The average molecular weight is 439 g/mol. The molecule has 2 aromatic rings. The van der Waals surface area contributed by atoms with Crippen LogP contribution in [0, 0.1) is 5.92 Å². The van der Waals surface area contributed by atoms with Crippen LogP contribution in [0.5, 0.6) is 0 Å². The number of morpholine rings is 1. The van der Waals surface area contributed by atoms with E-state index in [1.807, 2.05) is 12.1 Å². The predicted octanol–water partition coefficient (Wildman–Crippen LogP) is 4.66. The maximum absolute atomic E-state index is 13.0. The minimum absolute atomic E-state index is 0.164. The molecule has 0 aromatic heterocycles. The lowest BCUT2D eigenvalue weighted by Crippen LogP contribution is -2.40. The van der Waals surface area contributed by atoms with Crippen molar-refractivity contribution in [2.75, 3.05) is 31.6 Å². The smallest absolute Gasteiger partial charge is 0.243 e. The van der Waals surface area contributed by atoms with Gasteiger partial charge in [-0.05, 0) is 53.1 Å². The van der Waals surface area contributed by atoms with E-state index in [0.29, 0.717) is 49.0 Å². The Morgan fingerprint density at radius 3 is 2.52 bits per heavy atom. The van der Waals surface area contributed by atoms with Gasteiger partial charge in [0, 0.05) is 24.7 Å². The van der Waals surface area contributed by atoms with E-state index in [1.165, 1.54) is 21.1 Å². The van der Waals surface area contributed by atoms with E-state index >= 15 is 0 Å². The van der Waals surface area contributed by atoms with Gasteiger partial charge in [-0.25, -0.2) is 8.42 Å². The first-order valence-electron chi connectivity index (χ1n) is 11.2. The standard InChI is InChI=1S/C25H30N2O3S/c1-17(2)19-8-11-24-23(16-19)21-4-3-5-22(21)25(26-24)18-6-9-20(10-7-18)31(28,29)27-12-14-30-15-13-27/h3-4,6-11,16-17,21-22,25-26H,5,12-15H2,1-2H3/t21-,22-,25+/m1/s1. The molecule has 0 unspecified atom stereocenters. The monoisotopic (exact) mass is 438 g/mol. The van der Waals surface area contributed by atoms with Gasteiger partial charge in [0.1, 0.15) is 0 Å². The Hall–Kier alpha value is -2.15. The van der Waals surface area contributed by atoms with Crippen LogP contribution >= 0.6 is 0 Å². The highest BCUT2D eigenvalue weighted by Gasteiger charge is 2.38. The molecule has 2 heterocycles. The molecule has 5 nitrogen and oxygen atoms in total. The molecule has 1 aliphatic carbocycles. The molecule has 0 radical (unpaired) electrons. The molecular formula is C25H30N2O3S. The van der Waals surface area contributed by atoms with Crippen molar-refractivity contribution in [1.82, 2.24) is 4.31 Å². The fourth-order valence-corrected chi connectivity index (χ4v) is 6.49. The molecule has 0 saturated carbocycles. The maximum Gasteiger partial charge on any atom is 0.243 e. The first-order chi connectivity index (χ1) is 14.9. The second-order valence-corrected chi connectivity index (χ2v) is 11.0. The van der Waals surface area contributed by atoms with Gasteiger partial charge in [0.25, 0.3) is 0 Å². The highest BCUT2D eigenvalue weighted by molar-refractivity contribution is 7.89. The van der Waals surface area contributed by atoms with Gasteiger partial charge >= 0.3 is 0 Å². The largest absolute Gasteiger partial charge is 0.379 e. The third kappa shape index (κ3) is 3.71. The van der Waals surface area contributed by atoms with Crippen LogP contribution < -0.4 is 5.32 Å². The molecule has 6 heteroatoms. The number of hydrogen-bond acceptors (Lipinski definition) is 4. The highest BCUT2D eigenvalue weighted by Crippen LogP contribution is 2.50. The average Bonchev–Trinajstić information content (AvgIpc) is 3.29. The molecule has 1 N–H and O–H groups in total. The van der Waals surface area contributed by atoms with Gasteiger partial charge in [0.2, 0.25) is 10.0 Å². The summed E-state index contributed by atoms with van der Waals surface area (Å²) in [4.78, 5) is 0.358. The van der Waals surface area contributed by atoms with Crippen LogP contribution in [0.1, 0.15) is 54.8 Å². The zero-order valence-electron chi connectivity index (χ0n) is 18.1. The van der Waals surface area contributed by atoms with Crippen LogP contribution in [0.2, 0.25) is 0 Å². The van der Waals surface area contributed by atoms with Gasteiger partial charge in [0.15, 0.2) is 0 Å². The van der Waals surface area contributed by atoms with Crippen molar-refractivity contribution in [3.05, 3.63) is 71.3 Å². The van der Waals surface area contributed by atoms with E-state index in [0.717, 1.165) is 12.0 Å². The van der Waals surface area contributed by atoms with Crippen molar-refractivity contribution in [2.24, 2.45) is 5.92 Å². The van der Waals surface area contributed by atoms with Crippen LogP contribution in [0.4, 0.5) is 5.69 Å². The van der Waals surface area contributed by atoms with Gasteiger partial charge < -0.3 is 10.1 Å². The molecule has 0 spiro atoms. The fourth-order valence-electron chi connectivity index (χ4n) is 5.09. The summed E-state index contributed by atoms with van der Waals surface area (Å²) in [5.41, 5.74) is 5.08. The third-order valence-electron chi connectivity index (χ3n) is 6.90. The van der Waals surface area contributed by atoms with Crippen molar-refractivity contribution < 1.29 is 13.2 Å². The number of hydrogen-bond donors (Lipinski definition) is 1. The number of sulfonamides is 1. The lowest BCUT2D eigenvalue weighted by Gasteiger charge is -2.38. The number of allylic oxidation sites excluding steroid dienone is 2. The summed E-state index contributed by atoms with van der Waals surface area (Å²) < 4.78 is 32.7. The Labute approximate surface area is 185 Å². The van der Waals surface area contributed by atoms with Crippen LogP contribution in [0.15, 0.2) is 59.5 Å². The van der Waals surface area contributed by atoms with Gasteiger partial charge in [-0.15, -0.1) is 0 Å². The molecular weight excluding hydrogens is 408 g/mol. The lowest BCUT2D eigenvalue weighted by atomic mass is 9.76. The van der Waals surface area contributed by atoms with Gasteiger partial charge in [0.05, 0.1) is 24.2 Å². The first-order valence-corrected chi connectivity index (χ1v) is 12.6. The third-order valence-corrected chi connectivity index (χ3v) is 8.81. The number of anilines is 1. The van der Waals surface area contributed by atoms with Gasteiger partial charge in [-0.1, -0.05) is 50.3 Å². The van der Waals surface area contributed by atoms with Crippen molar-refractivity contribution in [2.45, 2.75) is 43.0 Å². The van der Waals surface area contributed by atoms with Crippen LogP contribution in [-0.4, -0.2) is 39.0 Å². The minimum Gasteiger partial charge on any atom is -0.379 e. The van der Waals surface area contributed by atoms with Crippen molar-refractivity contribution >= 4 is 15.7 Å². The van der Waals surface area contributed by atoms with Crippen molar-refractivity contribution in [1.29, 1.82) is 0 Å². The van der Waals surface area contributed by atoms with Crippen LogP contribution in [0.25, 0.3) is 0 Å². The Balaban J connectivity index is 1.43. The molecule has 2 aliphatic heterocycles. The number of benzene rings is 2. The molecule has 5 rings (SSSR count). The van der Waals surface area contributed by atoms with E-state index in [9.17, 15) is 8.42 Å². The normalized spacial score (nSPS) is 25.8. The fraction of sp³-hybridized carbons (Fsp3) is 0.440. The van der Waals surface area contributed by atoms with Gasteiger partial charge in [-0.3, -0.25) is 0 Å². The molecule has 3 aliphatic rings. The van der Waals surface area contributed by atoms with Crippen molar-refractivity contribution in [3.63, 3.8) is 0 Å². The van der Waals surface area contributed by atoms with E-state index in [2.05, 4.69) is 49.5 Å². The molecule has 1 fully saturated rings. The molecule has 3 atom stereocenters. The number of nitrogens with zero attached hydrogens (tertiary/aromatic N) is 1. The second-order valence-electron chi connectivity index (χ2n) is 9.06. The summed E-state index contributed by atoms with van der Waals surface area (Å²) in [5, 5.41) is 3.76. The van der Waals surface area contributed by atoms with Crippen LogP contribution in [0.3, 0.4) is 0 Å². The molecule has 164 valence electrons.